The molecule has 3 heterocycles. The number of nitrogens with one attached hydrogen (secondary N) is 1. The van der Waals surface area contributed by atoms with E-state index in [1.807, 2.05) is 11.8 Å². The lowest BCUT2D eigenvalue weighted by Gasteiger charge is -2.32. The number of halogens is 3. The van der Waals surface area contributed by atoms with Crippen LogP contribution in [-0.4, -0.2) is 58.6 Å². The lowest BCUT2D eigenvalue weighted by molar-refractivity contribution is -0.146. The van der Waals surface area contributed by atoms with Gasteiger partial charge in [-0.25, -0.2) is 0 Å². The number of methoxy groups -OCH3 is 1. The molecule has 1 atom stereocenters. The zero-order valence-corrected chi connectivity index (χ0v) is 15.0. The molecule has 0 saturated carbocycles. The first-order valence-electron chi connectivity index (χ1n) is 8.63. The van der Waals surface area contributed by atoms with Crippen molar-refractivity contribution in [3.05, 3.63) is 18.0 Å². The lowest BCUT2D eigenvalue weighted by atomic mass is 9.95. The van der Waals surface area contributed by atoms with Crippen LogP contribution >= 0.6 is 0 Å². The standard InChI is InChI=1S/C16H21F3N6O2/c1-10(9-27-2)20-14(26)11-5-7-24(8-6-11)13-4-3-12-21-22-15(16(17,18)19)25(12)23-13/h3-4,10-11H,5-9H2,1-2H3,(H,20,26). The summed E-state index contributed by atoms with van der Waals surface area (Å²) in [6, 6.07) is 3.00. The van der Waals surface area contributed by atoms with Crippen molar-refractivity contribution >= 4 is 17.4 Å². The monoisotopic (exact) mass is 386 g/mol. The third-order valence-electron chi connectivity index (χ3n) is 4.50. The summed E-state index contributed by atoms with van der Waals surface area (Å²) < 4.78 is 44.7. The summed E-state index contributed by atoms with van der Waals surface area (Å²) in [5.74, 6) is -0.911. The molecule has 0 spiro atoms. The fourth-order valence-corrected chi connectivity index (χ4v) is 3.15. The van der Waals surface area contributed by atoms with Crippen LogP contribution in [0.25, 0.3) is 5.65 Å². The Balaban J connectivity index is 1.66. The summed E-state index contributed by atoms with van der Waals surface area (Å²) >= 11 is 0. The Labute approximate surface area is 153 Å². The van der Waals surface area contributed by atoms with E-state index in [1.54, 1.807) is 13.2 Å². The number of fused-ring (bicyclic) bond motifs is 1. The Morgan fingerprint density at radius 1 is 1.33 bits per heavy atom. The van der Waals surface area contributed by atoms with Crippen LogP contribution in [0.2, 0.25) is 0 Å². The van der Waals surface area contributed by atoms with Crippen LogP contribution in [0.5, 0.6) is 0 Å². The fraction of sp³-hybridized carbons (Fsp3) is 0.625. The zero-order chi connectivity index (χ0) is 19.6. The maximum absolute atomic E-state index is 13.0. The minimum absolute atomic E-state index is 0.0271. The molecule has 0 radical (unpaired) electrons. The van der Waals surface area contributed by atoms with Crippen LogP contribution in [0.1, 0.15) is 25.6 Å². The van der Waals surface area contributed by atoms with Crippen molar-refractivity contribution < 1.29 is 22.7 Å². The first-order valence-corrected chi connectivity index (χ1v) is 8.63. The molecule has 1 N–H and O–H groups in total. The van der Waals surface area contributed by atoms with Gasteiger partial charge >= 0.3 is 6.18 Å². The Morgan fingerprint density at radius 2 is 2.04 bits per heavy atom. The van der Waals surface area contributed by atoms with E-state index in [-0.39, 0.29) is 23.5 Å². The minimum atomic E-state index is -4.63. The molecule has 3 rings (SSSR count). The van der Waals surface area contributed by atoms with Gasteiger partial charge < -0.3 is 15.0 Å². The average Bonchev–Trinajstić information content (AvgIpc) is 3.05. The van der Waals surface area contributed by atoms with Gasteiger partial charge in [0.05, 0.1) is 6.61 Å². The lowest BCUT2D eigenvalue weighted by Crippen LogP contribution is -2.44. The second-order valence-corrected chi connectivity index (χ2v) is 6.61. The number of hydrogen-bond acceptors (Lipinski definition) is 6. The number of carbonyl (C=O) groups is 1. The van der Waals surface area contributed by atoms with Crippen LogP contribution in [0, 0.1) is 5.92 Å². The van der Waals surface area contributed by atoms with E-state index in [0.717, 1.165) is 0 Å². The van der Waals surface area contributed by atoms with Crippen LogP contribution in [-0.2, 0) is 15.7 Å². The third kappa shape index (κ3) is 4.29. The zero-order valence-electron chi connectivity index (χ0n) is 15.0. The highest BCUT2D eigenvalue weighted by Gasteiger charge is 2.38. The molecule has 0 aliphatic carbocycles. The molecule has 148 valence electrons. The van der Waals surface area contributed by atoms with E-state index >= 15 is 0 Å². The van der Waals surface area contributed by atoms with E-state index in [1.165, 1.54) is 6.07 Å². The van der Waals surface area contributed by atoms with Gasteiger partial charge in [-0.2, -0.15) is 17.7 Å². The van der Waals surface area contributed by atoms with Crippen molar-refractivity contribution in [2.45, 2.75) is 32.0 Å². The highest BCUT2D eigenvalue weighted by atomic mass is 19.4. The number of aromatic nitrogens is 4. The van der Waals surface area contributed by atoms with Gasteiger partial charge in [0.15, 0.2) is 5.65 Å². The number of anilines is 1. The van der Waals surface area contributed by atoms with Gasteiger partial charge in [-0.1, -0.05) is 0 Å². The summed E-state index contributed by atoms with van der Waals surface area (Å²) in [4.78, 5) is 14.1. The predicted molar refractivity (Wildman–Crippen MR) is 90.2 cm³/mol. The van der Waals surface area contributed by atoms with Gasteiger partial charge in [-0.3, -0.25) is 4.79 Å². The molecule has 2 aromatic heterocycles. The quantitative estimate of drug-likeness (QED) is 0.839. The third-order valence-corrected chi connectivity index (χ3v) is 4.50. The molecule has 0 bridgehead atoms. The van der Waals surface area contributed by atoms with E-state index in [2.05, 4.69) is 20.6 Å². The normalized spacial score (nSPS) is 17.3. The summed E-state index contributed by atoms with van der Waals surface area (Å²) in [6.07, 6.45) is -3.44. The molecule has 27 heavy (non-hydrogen) atoms. The molecular formula is C16H21F3N6O2. The first-order chi connectivity index (χ1) is 12.8. The SMILES string of the molecule is COCC(C)NC(=O)C1CCN(c2ccc3nnc(C(F)(F)F)n3n2)CC1. The van der Waals surface area contributed by atoms with Crippen LogP contribution in [0.4, 0.5) is 19.0 Å². The van der Waals surface area contributed by atoms with Gasteiger partial charge in [0.1, 0.15) is 5.82 Å². The van der Waals surface area contributed by atoms with Crippen molar-refractivity contribution in [3.63, 3.8) is 0 Å². The molecular weight excluding hydrogens is 365 g/mol. The average molecular weight is 386 g/mol. The Morgan fingerprint density at radius 3 is 2.67 bits per heavy atom. The Bertz CT molecular complexity index is 801. The van der Waals surface area contributed by atoms with Crippen LogP contribution in [0.3, 0.4) is 0 Å². The number of nitrogens with zero attached hydrogens (tertiary/aromatic N) is 5. The van der Waals surface area contributed by atoms with Crippen molar-refractivity contribution in [1.29, 1.82) is 0 Å². The summed E-state index contributed by atoms with van der Waals surface area (Å²) in [6.45, 7) is 3.36. The molecule has 0 aromatic carbocycles. The fourth-order valence-electron chi connectivity index (χ4n) is 3.15. The number of alkyl halides is 3. The highest BCUT2D eigenvalue weighted by Crippen LogP contribution is 2.28. The minimum Gasteiger partial charge on any atom is -0.383 e. The molecule has 8 nitrogen and oxygen atoms in total. The molecule has 1 amide bonds. The van der Waals surface area contributed by atoms with E-state index in [0.29, 0.717) is 42.9 Å². The molecule has 2 aromatic rings. The number of ether oxygens (including phenoxy) is 1. The van der Waals surface area contributed by atoms with Crippen molar-refractivity contribution in [2.75, 3.05) is 31.7 Å². The molecule has 11 heteroatoms. The molecule has 1 aliphatic heterocycles. The Kier molecular flexibility index (Phi) is 5.49. The maximum Gasteiger partial charge on any atom is 0.453 e. The van der Waals surface area contributed by atoms with E-state index in [4.69, 9.17) is 4.74 Å². The van der Waals surface area contributed by atoms with E-state index in [9.17, 15) is 18.0 Å². The number of amides is 1. The van der Waals surface area contributed by atoms with Gasteiger partial charge in [0.25, 0.3) is 5.82 Å². The van der Waals surface area contributed by atoms with Crippen molar-refractivity contribution in [2.24, 2.45) is 5.92 Å². The summed E-state index contributed by atoms with van der Waals surface area (Å²) in [7, 11) is 1.57. The molecule has 1 aliphatic rings. The maximum atomic E-state index is 13.0. The van der Waals surface area contributed by atoms with Gasteiger partial charge in [0, 0.05) is 32.2 Å². The molecule has 1 fully saturated rings. The van der Waals surface area contributed by atoms with Crippen molar-refractivity contribution in [3.8, 4) is 0 Å². The predicted octanol–water partition coefficient (Wildman–Crippen LogP) is 1.51. The summed E-state index contributed by atoms with van der Waals surface area (Å²) in [5, 5.41) is 13.6. The second-order valence-electron chi connectivity index (χ2n) is 6.61. The van der Waals surface area contributed by atoms with Crippen LogP contribution in [0.15, 0.2) is 12.1 Å². The largest absolute Gasteiger partial charge is 0.453 e. The highest BCUT2D eigenvalue weighted by molar-refractivity contribution is 5.79. The van der Waals surface area contributed by atoms with E-state index < -0.39 is 12.0 Å². The van der Waals surface area contributed by atoms with Crippen LogP contribution < -0.4 is 10.2 Å². The topological polar surface area (TPSA) is 84.6 Å². The van der Waals surface area contributed by atoms with Gasteiger partial charge in [0.2, 0.25) is 5.91 Å². The smallest absolute Gasteiger partial charge is 0.383 e. The first kappa shape index (κ1) is 19.3. The second kappa shape index (κ2) is 7.67. The van der Waals surface area contributed by atoms with Gasteiger partial charge in [-0.15, -0.1) is 15.3 Å². The number of rotatable bonds is 5. The van der Waals surface area contributed by atoms with Gasteiger partial charge in [-0.05, 0) is 31.9 Å². The Hall–Kier alpha value is -2.43. The number of hydrogen-bond donors (Lipinski definition) is 1. The number of piperidine rings is 1. The molecule has 1 unspecified atom stereocenters. The summed E-state index contributed by atoms with van der Waals surface area (Å²) in [5.41, 5.74) is 0.0347. The van der Waals surface area contributed by atoms with Crippen molar-refractivity contribution in [1.82, 2.24) is 25.1 Å². The number of carbonyl (C=O) groups excluding carboxylic acids is 1. The molecule has 1 saturated heterocycles.